The van der Waals surface area contributed by atoms with Gasteiger partial charge in [0.2, 0.25) is 5.95 Å². The molecule has 0 amide bonds. The van der Waals surface area contributed by atoms with E-state index >= 15 is 0 Å². The van der Waals surface area contributed by atoms with Crippen molar-refractivity contribution in [2.24, 2.45) is 0 Å². The zero-order chi connectivity index (χ0) is 18.9. The predicted octanol–water partition coefficient (Wildman–Crippen LogP) is 5.11. The first-order valence-electron chi connectivity index (χ1n) is 9.22. The summed E-state index contributed by atoms with van der Waals surface area (Å²) < 4.78 is 0.858. The number of nitrogens with one attached hydrogen (secondary N) is 2. The second-order valence-electron chi connectivity index (χ2n) is 6.94. The molecule has 6 heteroatoms. The van der Waals surface area contributed by atoms with Crippen molar-refractivity contribution in [2.45, 2.75) is 18.9 Å². The molecule has 28 heavy (non-hydrogen) atoms. The standard InChI is InChI=1S/C22H18BrN5/c23-19-13-25-22(27-17-7-8-20-16(12-17)6-3-9-24-20)28-21(19)26-18-10-14-4-1-2-5-15(14)11-18/h1-9,12-13,18H,10-11H2,(H2,25,26,27,28). The van der Waals surface area contributed by atoms with E-state index in [2.05, 4.69) is 71.8 Å². The summed E-state index contributed by atoms with van der Waals surface area (Å²) in [5, 5.41) is 7.93. The number of anilines is 3. The lowest BCUT2D eigenvalue weighted by Crippen LogP contribution is -2.21. The number of nitrogens with zero attached hydrogens (tertiary/aromatic N) is 3. The maximum absolute atomic E-state index is 4.68. The van der Waals surface area contributed by atoms with Crippen LogP contribution in [-0.4, -0.2) is 21.0 Å². The van der Waals surface area contributed by atoms with E-state index in [0.717, 1.165) is 39.7 Å². The van der Waals surface area contributed by atoms with Crippen LogP contribution in [0.4, 0.5) is 17.5 Å². The fraction of sp³-hybridized carbons (Fsp3) is 0.136. The van der Waals surface area contributed by atoms with Crippen LogP contribution in [0.25, 0.3) is 10.9 Å². The van der Waals surface area contributed by atoms with Gasteiger partial charge < -0.3 is 10.6 Å². The molecular formula is C22H18BrN5. The molecular weight excluding hydrogens is 414 g/mol. The smallest absolute Gasteiger partial charge is 0.229 e. The van der Waals surface area contributed by atoms with Crippen LogP contribution in [0.15, 0.2) is 71.5 Å². The third kappa shape index (κ3) is 3.43. The average molecular weight is 432 g/mol. The van der Waals surface area contributed by atoms with Crippen LogP contribution < -0.4 is 10.6 Å². The third-order valence-electron chi connectivity index (χ3n) is 5.00. The highest BCUT2D eigenvalue weighted by Crippen LogP contribution is 2.28. The molecule has 2 N–H and O–H groups in total. The number of halogens is 1. The van der Waals surface area contributed by atoms with Gasteiger partial charge in [-0.3, -0.25) is 4.98 Å². The van der Waals surface area contributed by atoms with Crippen molar-refractivity contribution < 1.29 is 0 Å². The van der Waals surface area contributed by atoms with Crippen molar-refractivity contribution in [1.29, 1.82) is 0 Å². The first kappa shape index (κ1) is 17.1. The van der Waals surface area contributed by atoms with Gasteiger partial charge in [0.15, 0.2) is 0 Å². The van der Waals surface area contributed by atoms with Gasteiger partial charge in [-0.2, -0.15) is 4.98 Å². The fourth-order valence-corrected chi connectivity index (χ4v) is 3.97. The van der Waals surface area contributed by atoms with Crippen LogP contribution in [-0.2, 0) is 12.8 Å². The summed E-state index contributed by atoms with van der Waals surface area (Å²) in [6.45, 7) is 0. The summed E-state index contributed by atoms with van der Waals surface area (Å²) in [7, 11) is 0. The van der Waals surface area contributed by atoms with Gasteiger partial charge in [-0.1, -0.05) is 30.3 Å². The highest BCUT2D eigenvalue weighted by molar-refractivity contribution is 9.10. The van der Waals surface area contributed by atoms with E-state index in [1.807, 2.05) is 24.3 Å². The van der Waals surface area contributed by atoms with E-state index in [0.29, 0.717) is 12.0 Å². The van der Waals surface area contributed by atoms with Crippen molar-refractivity contribution >= 4 is 44.3 Å². The third-order valence-corrected chi connectivity index (χ3v) is 5.58. The van der Waals surface area contributed by atoms with Gasteiger partial charge in [-0.05, 0) is 64.2 Å². The van der Waals surface area contributed by atoms with E-state index in [4.69, 9.17) is 0 Å². The van der Waals surface area contributed by atoms with E-state index in [1.165, 1.54) is 11.1 Å². The highest BCUT2D eigenvalue weighted by Gasteiger charge is 2.22. The summed E-state index contributed by atoms with van der Waals surface area (Å²) in [5.74, 6) is 1.36. The number of hydrogen-bond acceptors (Lipinski definition) is 5. The van der Waals surface area contributed by atoms with Gasteiger partial charge in [0.05, 0.1) is 9.99 Å². The number of pyridine rings is 1. The molecule has 0 aliphatic heterocycles. The van der Waals surface area contributed by atoms with E-state index < -0.39 is 0 Å². The largest absolute Gasteiger partial charge is 0.366 e. The Hall–Kier alpha value is -2.99. The second-order valence-corrected chi connectivity index (χ2v) is 7.80. The molecule has 4 aromatic rings. The lowest BCUT2D eigenvalue weighted by molar-refractivity contribution is 0.767. The molecule has 1 aliphatic carbocycles. The summed E-state index contributed by atoms with van der Waals surface area (Å²) in [6.07, 6.45) is 5.59. The van der Waals surface area contributed by atoms with E-state index in [-0.39, 0.29) is 0 Å². The van der Waals surface area contributed by atoms with Crippen LogP contribution >= 0.6 is 15.9 Å². The van der Waals surface area contributed by atoms with Crippen molar-refractivity contribution in [3.05, 3.63) is 82.6 Å². The molecule has 0 unspecified atom stereocenters. The number of aromatic nitrogens is 3. The Morgan fingerprint density at radius 2 is 1.75 bits per heavy atom. The fourth-order valence-electron chi connectivity index (χ4n) is 3.67. The normalized spacial score (nSPS) is 13.5. The molecule has 0 fully saturated rings. The Kier molecular flexibility index (Phi) is 4.41. The maximum atomic E-state index is 4.68. The summed E-state index contributed by atoms with van der Waals surface area (Å²) in [4.78, 5) is 13.4. The van der Waals surface area contributed by atoms with Crippen molar-refractivity contribution in [2.75, 3.05) is 10.6 Å². The average Bonchev–Trinajstić information content (AvgIpc) is 3.13. The van der Waals surface area contributed by atoms with Gasteiger partial charge in [0, 0.05) is 29.5 Å². The van der Waals surface area contributed by atoms with Gasteiger partial charge in [0.25, 0.3) is 0 Å². The molecule has 2 aromatic carbocycles. The van der Waals surface area contributed by atoms with Gasteiger partial charge in [-0.15, -0.1) is 0 Å². The predicted molar refractivity (Wildman–Crippen MR) is 116 cm³/mol. The summed E-state index contributed by atoms with van der Waals surface area (Å²) in [6, 6.07) is 18.9. The monoisotopic (exact) mass is 431 g/mol. The number of hydrogen-bond donors (Lipinski definition) is 2. The van der Waals surface area contributed by atoms with Gasteiger partial charge >= 0.3 is 0 Å². The van der Waals surface area contributed by atoms with Crippen LogP contribution in [0.1, 0.15) is 11.1 Å². The number of rotatable bonds is 4. The second kappa shape index (κ2) is 7.20. The van der Waals surface area contributed by atoms with Crippen LogP contribution in [0, 0.1) is 0 Å². The Morgan fingerprint density at radius 3 is 2.57 bits per heavy atom. The minimum Gasteiger partial charge on any atom is -0.366 e. The zero-order valence-corrected chi connectivity index (χ0v) is 16.6. The van der Waals surface area contributed by atoms with Crippen molar-refractivity contribution in [3.8, 4) is 0 Å². The molecule has 138 valence electrons. The molecule has 0 saturated heterocycles. The molecule has 5 nitrogen and oxygen atoms in total. The molecule has 0 bridgehead atoms. The number of fused-ring (bicyclic) bond motifs is 2. The lowest BCUT2D eigenvalue weighted by atomic mass is 10.1. The minimum atomic E-state index is 0.336. The Bertz CT molecular complexity index is 1140. The van der Waals surface area contributed by atoms with E-state index in [1.54, 1.807) is 12.4 Å². The van der Waals surface area contributed by atoms with Gasteiger partial charge in [-0.25, -0.2) is 4.98 Å². The minimum absolute atomic E-state index is 0.336. The first-order chi connectivity index (χ1) is 13.7. The van der Waals surface area contributed by atoms with Crippen LogP contribution in [0.2, 0.25) is 0 Å². The maximum Gasteiger partial charge on any atom is 0.229 e. The van der Waals surface area contributed by atoms with Crippen molar-refractivity contribution in [3.63, 3.8) is 0 Å². The number of benzene rings is 2. The first-order valence-corrected chi connectivity index (χ1v) is 10.0. The van der Waals surface area contributed by atoms with E-state index in [9.17, 15) is 0 Å². The summed E-state index contributed by atoms with van der Waals surface area (Å²) >= 11 is 3.57. The van der Waals surface area contributed by atoms with Crippen LogP contribution in [0.3, 0.4) is 0 Å². The molecule has 1 aliphatic rings. The van der Waals surface area contributed by atoms with Gasteiger partial charge in [0.1, 0.15) is 5.82 Å². The van der Waals surface area contributed by atoms with Crippen molar-refractivity contribution in [1.82, 2.24) is 15.0 Å². The molecule has 2 aromatic heterocycles. The molecule has 0 saturated carbocycles. The summed E-state index contributed by atoms with van der Waals surface area (Å²) in [5.41, 5.74) is 4.72. The van der Waals surface area contributed by atoms with Crippen LogP contribution in [0.5, 0.6) is 0 Å². The molecule has 2 heterocycles. The zero-order valence-electron chi connectivity index (χ0n) is 15.1. The molecule has 5 rings (SSSR count). The quantitative estimate of drug-likeness (QED) is 0.469. The topological polar surface area (TPSA) is 62.7 Å². The Labute approximate surface area is 171 Å². The Balaban J connectivity index is 1.35. The molecule has 0 spiro atoms. The molecule has 0 atom stereocenters. The highest BCUT2D eigenvalue weighted by atomic mass is 79.9. The lowest BCUT2D eigenvalue weighted by Gasteiger charge is -2.15. The SMILES string of the molecule is Brc1cnc(Nc2ccc3ncccc3c2)nc1NC1Cc2ccccc2C1. The Morgan fingerprint density at radius 1 is 0.929 bits per heavy atom. The molecule has 0 radical (unpaired) electrons.